The molecule has 1 atom stereocenters. The first-order chi connectivity index (χ1) is 9.13. The third-order valence-corrected chi connectivity index (χ3v) is 4.10. The molecule has 0 saturated heterocycles. The van der Waals surface area contributed by atoms with E-state index in [0.717, 1.165) is 30.6 Å². The second-order valence-corrected chi connectivity index (χ2v) is 5.98. The molecular weight excluding hydrogens is 261 g/mol. The highest BCUT2D eigenvalue weighted by Gasteiger charge is 2.11. The first kappa shape index (κ1) is 16.0. The number of benzene rings is 1. The van der Waals surface area contributed by atoms with Gasteiger partial charge < -0.3 is 5.32 Å². The summed E-state index contributed by atoms with van der Waals surface area (Å²) in [6, 6.07) is 6.39. The zero-order chi connectivity index (χ0) is 14.1. The van der Waals surface area contributed by atoms with Crippen LogP contribution in [0.3, 0.4) is 0 Å². The zero-order valence-corrected chi connectivity index (χ0v) is 12.4. The topological polar surface area (TPSA) is 29.1 Å². The maximum absolute atomic E-state index is 12.7. The van der Waals surface area contributed by atoms with Gasteiger partial charge in [-0.2, -0.15) is 0 Å². The first-order valence-electron chi connectivity index (χ1n) is 6.77. The molecule has 1 rings (SSSR count). The molecule has 0 saturated carbocycles. The minimum Gasteiger partial charge on any atom is -0.355 e. The Balaban J connectivity index is 2.21. The van der Waals surface area contributed by atoms with Crippen molar-refractivity contribution in [2.45, 2.75) is 38.4 Å². The second kappa shape index (κ2) is 8.97. The number of carbonyl (C=O) groups is 1. The van der Waals surface area contributed by atoms with E-state index < -0.39 is 0 Å². The molecule has 1 N–H and O–H groups in total. The van der Waals surface area contributed by atoms with Crippen molar-refractivity contribution >= 4 is 17.7 Å². The average Bonchev–Trinajstić information content (AvgIpc) is 2.41. The Morgan fingerprint density at radius 2 is 2.05 bits per heavy atom. The highest BCUT2D eigenvalue weighted by molar-refractivity contribution is 8.00. The zero-order valence-electron chi connectivity index (χ0n) is 11.6. The number of rotatable bonds is 8. The Labute approximate surface area is 119 Å². The molecule has 1 aromatic carbocycles. The van der Waals surface area contributed by atoms with Gasteiger partial charge >= 0.3 is 0 Å². The van der Waals surface area contributed by atoms with Crippen molar-refractivity contribution in [3.63, 3.8) is 0 Å². The molecule has 0 heterocycles. The third kappa shape index (κ3) is 6.62. The molecule has 4 heteroatoms. The third-order valence-electron chi connectivity index (χ3n) is 2.86. The van der Waals surface area contributed by atoms with Crippen LogP contribution in [-0.2, 0) is 11.2 Å². The largest absolute Gasteiger partial charge is 0.355 e. The lowest BCUT2D eigenvalue weighted by Gasteiger charge is -2.11. The van der Waals surface area contributed by atoms with E-state index in [2.05, 4.69) is 12.2 Å². The molecule has 0 radical (unpaired) electrons. The molecule has 0 bridgehead atoms. The number of amides is 1. The maximum Gasteiger partial charge on any atom is 0.232 e. The van der Waals surface area contributed by atoms with E-state index in [1.807, 2.05) is 6.92 Å². The van der Waals surface area contributed by atoms with Gasteiger partial charge in [0.25, 0.3) is 0 Å². The Morgan fingerprint density at radius 3 is 2.68 bits per heavy atom. The van der Waals surface area contributed by atoms with Gasteiger partial charge in [-0.25, -0.2) is 4.39 Å². The van der Waals surface area contributed by atoms with Gasteiger partial charge in [0, 0.05) is 6.54 Å². The van der Waals surface area contributed by atoms with E-state index in [1.54, 1.807) is 23.9 Å². The van der Waals surface area contributed by atoms with Gasteiger partial charge in [-0.1, -0.05) is 25.5 Å². The van der Waals surface area contributed by atoms with Crippen molar-refractivity contribution in [1.82, 2.24) is 5.32 Å². The summed E-state index contributed by atoms with van der Waals surface area (Å²) in [5.74, 6) is 0.889. The fourth-order valence-corrected chi connectivity index (χ4v) is 2.65. The minimum absolute atomic E-state index is 0.000215. The number of hydrogen-bond acceptors (Lipinski definition) is 2. The van der Waals surface area contributed by atoms with Crippen LogP contribution in [0.15, 0.2) is 24.3 Å². The van der Waals surface area contributed by atoms with Crippen LogP contribution in [0.4, 0.5) is 4.39 Å². The molecule has 0 spiro atoms. The highest BCUT2D eigenvalue weighted by atomic mass is 32.2. The molecule has 1 unspecified atom stereocenters. The number of carbonyl (C=O) groups excluding carboxylic acids is 1. The lowest BCUT2D eigenvalue weighted by Crippen LogP contribution is -2.32. The Hall–Kier alpha value is -1.03. The van der Waals surface area contributed by atoms with Crippen LogP contribution in [0.25, 0.3) is 0 Å². The molecule has 1 aromatic rings. The van der Waals surface area contributed by atoms with Gasteiger partial charge in [0.2, 0.25) is 5.91 Å². The minimum atomic E-state index is -0.228. The summed E-state index contributed by atoms with van der Waals surface area (Å²) in [7, 11) is 0. The molecule has 1 amide bonds. The Bertz CT molecular complexity index is 380. The van der Waals surface area contributed by atoms with Crippen molar-refractivity contribution in [2.24, 2.45) is 0 Å². The van der Waals surface area contributed by atoms with Gasteiger partial charge in [0.15, 0.2) is 0 Å². The standard InChI is InChI=1S/C15H22FNOS/c1-3-4-11-19-12(2)15(18)17-10-9-13-5-7-14(16)8-6-13/h5-8,12H,3-4,9-11H2,1-2H3,(H,17,18). The van der Waals surface area contributed by atoms with Crippen LogP contribution in [0.2, 0.25) is 0 Å². The van der Waals surface area contributed by atoms with Crippen molar-refractivity contribution in [1.29, 1.82) is 0 Å². The van der Waals surface area contributed by atoms with Crippen LogP contribution in [0.5, 0.6) is 0 Å². The summed E-state index contributed by atoms with van der Waals surface area (Å²) in [6.07, 6.45) is 3.04. The maximum atomic E-state index is 12.7. The molecule has 19 heavy (non-hydrogen) atoms. The lowest BCUT2D eigenvalue weighted by atomic mass is 10.1. The number of halogens is 1. The van der Waals surface area contributed by atoms with E-state index in [9.17, 15) is 9.18 Å². The van der Waals surface area contributed by atoms with Gasteiger partial charge in [0.1, 0.15) is 5.82 Å². The van der Waals surface area contributed by atoms with Crippen molar-refractivity contribution in [3.8, 4) is 0 Å². The molecular formula is C15H22FNOS. The molecule has 0 aliphatic heterocycles. The van der Waals surface area contributed by atoms with E-state index in [1.165, 1.54) is 12.1 Å². The SMILES string of the molecule is CCCCSC(C)C(=O)NCCc1ccc(F)cc1. The van der Waals surface area contributed by atoms with Gasteiger partial charge in [-0.3, -0.25) is 4.79 Å². The van der Waals surface area contributed by atoms with Gasteiger partial charge in [-0.05, 0) is 43.2 Å². The molecule has 0 aromatic heterocycles. The van der Waals surface area contributed by atoms with Crippen molar-refractivity contribution < 1.29 is 9.18 Å². The number of nitrogens with one attached hydrogen (secondary N) is 1. The van der Waals surface area contributed by atoms with Crippen LogP contribution in [0.1, 0.15) is 32.3 Å². The summed E-state index contributed by atoms with van der Waals surface area (Å²) < 4.78 is 12.7. The monoisotopic (exact) mass is 283 g/mol. The summed E-state index contributed by atoms with van der Waals surface area (Å²) in [4.78, 5) is 11.8. The van der Waals surface area contributed by atoms with Crippen LogP contribution >= 0.6 is 11.8 Å². The quantitative estimate of drug-likeness (QED) is 0.741. The van der Waals surface area contributed by atoms with E-state index >= 15 is 0 Å². The van der Waals surface area contributed by atoms with Crippen LogP contribution < -0.4 is 5.32 Å². The molecule has 0 aliphatic carbocycles. The fraction of sp³-hybridized carbons (Fsp3) is 0.533. The summed E-state index contributed by atoms with van der Waals surface area (Å²) in [6.45, 7) is 4.69. The number of hydrogen-bond donors (Lipinski definition) is 1. The second-order valence-electron chi connectivity index (χ2n) is 4.53. The van der Waals surface area contributed by atoms with E-state index in [-0.39, 0.29) is 17.0 Å². The summed E-state index contributed by atoms with van der Waals surface area (Å²) >= 11 is 1.70. The van der Waals surface area contributed by atoms with E-state index in [0.29, 0.717) is 6.54 Å². The first-order valence-corrected chi connectivity index (χ1v) is 7.82. The Morgan fingerprint density at radius 1 is 1.37 bits per heavy atom. The molecule has 0 fully saturated rings. The molecule has 106 valence electrons. The average molecular weight is 283 g/mol. The van der Waals surface area contributed by atoms with E-state index in [4.69, 9.17) is 0 Å². The fourth-order valence-electron chi connectivity index (χ4n) is 1.60. The highest BCUT2D eigenvalue weighted by Crippen LogP contribution is 2.12. The smallest absolute Gasteiger partial charge is 0.232 e. The molecule has 2 nitrogen and oxygen atoms in total. The summed E-state index contributed by atoms with van der Waals surface area (Å²) in [5.41, 5.74) is 1.04. The number of unbranched alkanes of at least 4 members (excludes halogenated alkanes) is 1. The Kier molecular flexibility index (Phi) is 7.56. The van der Waals surface area contributed by atoms with Crippen molar-refractivity contribution in [2.75, 3.05) is 12.3 Å². The van der Waals surface area contributed by atoms with Crippen LogP contribution in [-0.4, -0.2) is 23.5 Å². The van der Waals surface area contributed by atoms with Crippen LogP contribution in [0, 0.1) is 5.82 Å². The molecule has 0 aliphatic rings. The summed E-state index contributed by atoms with van der Waals surface area (Å²) in [5, 5.41) is 2.92. The number of thioether (sulfide) groups is 1. The predicted molar refractivity (Wildman–Crippen MR) is 79.9 cm³/mol. The van der Waals surface area contributed by atoms with Gasteiger partial charge in [-0.15, -0.1) is 11.8 Å². The van der Waals surface area contributed by atoms with Gasteiger partial charge in [0.05, 0.1) is 5.25 Å². The predicted octanol–water partition coefficient (Wildman–Crippen LogP) is 3.41. The normalized spacial score (nSPS) is 12.2. The van der Waals surface area contributed by atoms with Crippen molar-refractivity contribution in [3.05, 3.63) is 35.6 Å². The lowest BCUT2D eigenvalue weighted by molar-refractivity contribution is -0.120.